The van der Waals surface area contributed by atoms with Crippen LogP contribution in [-0.2, 0) is 20.8 Å². The first-order chi connectivity index (χ1) is 15.4. The first-order valence-corrected chi connectivity index (χ1v) is 9.68. The number of benzene rings is 3. The Labute approximate surface area is 181 Å². The highest BCUT2D eigenvalue weighted by atomic mass is 16.6. The fourth-order valence-electron chi connectivity index (χ4n) is 3.46. The number of hydrogen-bond donors (Lipinski definition) is 2. The van der Waals surface area contributed by atoms with Crippen molar-refractivity contribution < 1.29 is 24.0 Å². The smallest absolute Gasteiger partial charge is 0.271 e. The molecule has 1 heterocycles. The number of nitro groups is 1. The third kappa shape index (κ3) is 4.33. The van der Waals surface area contributed by atoms with E-state index in [-0.39, 0.29) is 30.2 Å². The SMILES string of the molecule is O=C(Cc1cccc2ccccc12)NNC(=O)CN1C(=O)COc2ccc([N+](=O)[O-])cc21. The van der Waals surface area contributed by atoms with Crippen LogP contribution in [0.2, 0.25) is 0 Å². The maximum Gasteiger partial charge on any atom is 0.271 e. The average Bonchev–Trinajstić information content (AvgIpc) is 2.79. The number of rotatable bonds is 5. The molecule has 32 heavy (non-hydrogen) atoms. The standard InChI is InChI=1S/C22H18N4O6/c27-20(10-15-6-3-5-14-4-1-2-7-17(14)15)23-24-21(28)12-25-18-11-16(26(30)31)8-9-19(18)32-13-22(25)29/h1-9,11H,10,12-13H2,(H,23,27)(H,24,28). The fraction of sp³-hybridized carbons (Fsp3) is 0.136. The molecule has 0 radical (unpaired) electrons. The van der Waals surface area contributed by atoms with E-state index in [9.17, 15) is 24.5 Å². The van der Waals surface area contributed by atoms with E-state index >= 15 is 0 Å². The van der Waals surface area contributed by atoms with Crippen LogP contribution < -0.4 is 20.5 Å². The van der Waals surface area contributed by atoms with Crippen molar-refractivity contribution in [1.29, 1.82) is 0 Å². The predicted octanol–water partition coefficient (Wildman–Crippen LogP) is 1.86. The molecule has 0 atom stereocenters. The van der Waals surface area contributed by atoms with Crippen molar-refractivity contribution in [2.75, 3.05) is 18.1 Å². The number of nitrogens with zero attached hydrogens (tertiary/aromatic N) is 2. The van der Waals surface area contributed by atoms with Gasteiger partial charge in [0.1, 0.15) is 12.3 Å². The molecular formula is C22H18N4O6. The Kier molecular flexibility index (Phi) is 5.67. The molecule has 0 fully saturated rings. The van der Waals surface area contributed by atoms with Crippen LogP contribution in [0.1, 0.15) is 5.56 Å². The highest BCUT2D eigenvalue weighted by Gasteiger charge is 2.29. The molecule has 10 nitrogen and oxygen atoms in total. The summed E-state index contributed by atoms with van der Waals surface area (Å²) in [6.07, 6.45) is 0.0488. The lowest BCUT2D eigenvalue weighted by atomic mass is 10.0. The third-order valence-electron chi connectivity index (χ3n) is 4.97. The van der Waals surface area contributed by atoms with Crippen LogP contribution in [0.5, 0.6) is 5.75 Å². The quantitative estimate of drug-likeness (QED) is 0.466. The van der Waals surface area contributed by atoms with E-state index in [1.807, 2.05) is 42.5 Å². The zero-order chi connectivity index (χ0) is 22.7. The van der Waals surface area contributed by atoms with Crippen LogP contribution in [0.15, 0.2) is 60.7 Å². The molecular weight excluding hydrogens is 416 g/mol. The van der Waals surface area contributed by atoms with Crippen LogP contribution in [-0.4, -0.2) is 35.8 Å². The summed E-state index contributed by atoms with van der Waals surface area (Å²) in [5.74, 6) is -1.37. The molecule has 3 amide bonds. The number of hydrazine groups is 1. The molecule has 1 aliphatic heterocycles. The number of carbonyl (C=O) groups excluding carboxylic acids is 3. The van der Waals surface area contributed by atoms with E-state index in [2.05, 4.69) is 10.9 Å². The fourth-order valence-corrected chi connectivity index (χ4v) is 3.46. The summed E-state index contributed by atoms with van der Waals surface area (Å²) in [5.41, 5.74) is 5.30. The maximum absolute atomic E-state index is 12.4. The van der Waals surface area contributed by atoms with E-state index in [0.717, 1.165) is 21.2 Å². The van der Waals surface area contributed by atoms with Crippen LogP contribution in [0.25, 0.3) is 10.8 Å². The Balaban J connectivity index is 1.40. The lowest BCUT2D eigenvalue weighted by Crippen LogP contribution is -2.50. The first kappa shape index (κ1) is 20.8. The van der Waals surface area contributed by atoms with Gasteiger partial charge < -0.3 is 4.74 Å². The first-order valence-electron chi connectivity index (χ1n) is 9.68. The number of amides is 3. The zero-order valence-electron chi connectivity index (χ0n) is 16.7. The second kappa shape index (κ2) is 8.72. The van der Waals surface area contributed by atoms with Gasteiger partial charge in [0.25, 0.3) is 17.5 Å². The van der Waals surface area contributed by atoms with Gasteiger partial charge in [-0.25, -0.2) is 0 Å². The molecule has 162 valence electrons. The van der Waals surface area contributed by atoms with Crippen molar-refractivity contribution in [2.24, 2.45) is 0 Å². The molecule has 10 heteroatoms. The minimum atomic E-state index is -0.663. The monoisotopic (exact) mass is 434 g/mol. The van der Waals surface area contributed by atoms with Gasteiger partial charge in [-0.15, -0.1) is 0 Å². The second-order valence-corrected chi connectivity index (χ2v) is 7.09. The number of non-ortho nitro benzene ring substituents is 1. The van der Waals surface area contributed by atoms with Crippen molar-refractivity contribution >= 4 is 39.9 Å². The molecule has 3 aromatic carbocycles. The van der Waals surface area contributed by atoms with Crippen LogP contribution in [0, 0.1) is 10.1 Å². The van der Waals surface area contributed by atoms with Crippen molar-refractivity contribution in [1.82, 2.24) is 10.9 Å². The van der Waals surface area contributed by atoms with E-state index in [1.165, 1.54) is 18.2 Å². The molecule has 3 aromatic rings. The summed E-state index contributed by atoms with van der Waals surface area (Å²) >= 11 is 0. The van der Waals surface area contributed by atoms with Gasteiger partial charge in [0.2, 0.25) is 5.91 Å². The highest BCUT2D eigenvalue weighted by Crippen LogP contribution is 2.35. The molecule has 2 N–H and O–H groups in total. The number of carbonyl (C=O) groups is 3. The zero-order valence-corrected chi connectivity index (χ0v) is 16.7. The van der Waals surface area contributed by atoms with Crippen LogP contribution in [0.4, 0.5) is 11.4 Å². The Morgan fingerprint density at radius 3 is 2.59 bits per heavy atom. The predicted molar refractivity (Wildman–Crippen MR) is 115 cm³/mol. The summed E-state index contributed by atoms with van der Waals surface area (Å²) in [7, 11) is 0. The molecule has 0 aromatic heterocycles. The molecule has 0 saturated carbocycles. The van der Waals surface area contributed by atoms with E-state index in [1.54, 1.807) is 0 Å². The van der Waals surface area contributed by atoms with Gasteiger partial charge in [-0.1, -0.05) is 42.5 Å². The van der Waals surface area contributed by atoms with Crippen LogP contribution >= 0.6 is 0 Å². The molecule has 0 spiro atoms. The molecule has 0 bridgehead atoms. The van der Waals surface area contributed by atoms with Crippen molar-refractivity contribution in [2.45, 2.75) is 6.42 Å². The summed E-state index contributed by atoms with van der Waals surface area (Å²) in [5, 5.41) is 13.0. The van der Waals surface area contributed by atoms with Gasteiger partial charge in [0, 0.05) is 12.1 Å². The van der Waals surface area contributed by atoms with Gasteiger partial charge in [-0.2, -0.15) is 0 Å². The second-order valence-electron chi connectivity index (χ2n) is 7.09. The normalized spacial score (nSPS) is 12.6. The molecule has 0 saturated heterocycles. The van der Waals surface area contributed by atoms with E-state index in [4.69, 9.17) is 4.74 Å². The van der Waals surface area contributed by atoms with E-state index < -0.39 is 29.2 Å². The Morgan fingerprint density at radius 2 is 1.78 bits per heavy atom. The number of ether oxygens (including phenoxy) is 1. The third-order valence-corrected chi connectivity index (χ3v) is 4.97. The summed E-state index contributed by atoms with van der Waals surface area (Å²) in [6.45, 7) is -0.740. The largest absolute Gasteiger partial charge is 0.482 e. The molecule has 1 aliphatic rings. The Bertz CT molecular complexity index is 1240. The molecule has 0 unspecified atom stereocenters. The highest BCUT2D eigenvalue weighted by molar-refractivity contribution is 6.02. The summed E-state index contributed by atoms with van der Waals surface area (Å²) < 4.78 is 5.27. The van der Waals surface area contributed by atoms with Gasteiger partial charge in [0.05, 0.1) is 17.0 Å². The van der Waals surface area contributed by atoms with Crippen molar-refractivity contribution in [3.8, 4) is 5.75 Å². The van der Waals surface area contributed by atoms with Gasteiger partial charge in [-0.05, 0) is 22.4 Å². The van der Waals surface area contributed by atoms with Gasteiger partial charge >= 0.3 is 0 Å². The number of anilines is 1. The maximum atomic E-state index is 12.4. The molecule has 0 aliphatic carbocycles. The minimum absolute atomic E-state index is 0.0488. The van der Waals surface area contributed by atoms with Gasteiger partial charge in [-0.3, -0.25) is 40.2 Å². The Morgan fingerprint density at radius 1 is 1.03 bits per heavy atom. The topological polar surface area (TPSA) is 131 Å². The lowest BCUT2D eigenvalue weighted by molar-refractivity contribution is -0.384. The van der Waals surface area contributed by atoms with Crippen LogP contribution in [0.3, 0.4) is 0 Å². The minimum Gasteiger partial charge on any atom is -0.482 e. The average molecular weight is 434 g/mol. The summed E-state index contributed by atoms with van der Waals surface area (Å²) in [4.78, 5) is 48.5. The number of nitrogens with one attached hydrogen (secondary N) is 2. The van der Waals surface area contributed by atoms with Crippen molar-refractivity contribution in [3.05, 3.63) is 76.3 Å². The Hall–Kier alpha value is -4.47. The number of nitro benzene ring substituents is 1. The van der Waals surface area contributed by atoms with Gasteiger partial charge in [0.15, 0.2) is 6.61 Å². The summed E-state index contributed by atoms with van der Waals surface area (Å²) in [6, 6.07) is 17.1. The number of hydrogen-bond acceptors (Lipinski definition) is 6. The molecule has 4 rings (SSSR count). The lowest BCUT2D eigenvalue weighted by Gasteiger charge is -2.28. The number of fused-ring (bicyclic) bond motifs is 2. The van der Waals surface area contributed by atoms with E-state index in [0.29, 0.717) is 0 Å². The van der Waals surface area contributed by atoms with Crippen molar-refractivity contribution in [3.63, 3.8) is 0 Å².